The molecule has 0 bridgehead atoms. The summed E-state index contributed by atoms with van der Waals surface area (Å²) in [5.74, 6) is 1.10. The van der Waals surface area contributed by atoms with Gasteiger partial charge in [0.25, 0.3) is 0 Å². The van der Waals surface area contributed by atoms with E-state index in [0.29, 0.717) is 17.2 Å². The van der Waals surface area contributed by atoms with Crippen molar-refractivity contribution in [2.75, 3.05) is 13.1 Å². The highest BCUT2D eigenvalue weighted by atomic mass is 16.3. The number of phenols is 1. The third-order valence-electron chi connectivity index (χ3n) is 5.00. The molecule has 2 atom stereocenters. The summed E-state index contributed by atoms with van der Waals surface area (Å²) in [6.45, 7) is 7.00. The van der Waals surface area contributed by atoms with Crippen LogP contribution in [0.3, 0.4) is 0 Å². The van der Waals surface area contributed by atoms with Crippen molar-refractivity contribution in [2.24, 2.45) is 0 Å². The molecule has 104 valence electrons. The van der Waals surface area contributed by atoms with Crippen LogP contribution in [0.2, 0.25) is 0 Å². The molecule has 0 amide bonds. The van der Waals surface area contributed by atoms with Gasteiger partial charge in [0.05, 0.1) is 0 Å². The molecule has 3 rings (SSSR count). The average Bonchev–Trinajstić information content (AvgIpc) is 3.15. The van der Waals surface area contributed by atoms with Crippen molar-refractivity contribution < 1.29 is 5.11 Å². The second-order valence-corrected chi connectivity index (χ2v) is 6.23. The van der Waals surface area contributed by atoms with Gasteiger partial charge in [0.15, 0.2) is 0 Å². The van der Waals surface area contributed by atoms with E-state index in [1.165, 1.54) is 56.3 Å². The zero-order chi connectivity index (χ0) is 13.5. The van der Waals surface area contributed by atoms with Crippen molar-refractivity contribution >= 4 is 0 Å². The van der Waals surface area contributed by atoms with Crippen LogP contribution >= 0.6 is 0 Å². The summed E-state index contributed by atoms with van der Waals surface area (Å²) in [6.07, 6.45) is 6.25. The normalized spacial score (nSPS) is 28.1. The monoisotopic (exact) mass is 259 g/mol. The van der Waals surface area contributed by atoms with Crippen molar-refractivity contribution in [2.45, 2.75) is 57.4 Å². The van der Waals surface area contributed by atoms with Gasteiger partial charge >= 0.3 is 0 Å². The van der Waals surface area contributed by atoms with E-state index in [-0.39, 0.29) is 0 Å². The van der Waals surface area contributed by atoms with Gasteiger partial charge in [-0.1, -0.05) is 19.9 Å². The highest BCUT2D eigenvalue weighted by Crippen LogP contribution is 2.61. The van der Waals surface area contributed by atoms with E-state index < -0.39 is 0 Å². The molecule has 1 N–H and O–H groups in total. The standard InChI is InChI=1S/C17H25NO/c1-3-9-18(10-4-2)17-8-7-13-5-6-14(19)11-15(13)16(17)12-17/h5-6,11,16,19H,3-4,7-10,12H2,1-2H3. The summed E-state index contributed by atoms with van der Waals surface area (Å²) in [5, 5.41) is 9.74. The number of hydrogen-bond donors (Lipinski definition) is 1. The molecule has 2 aliphatic carbocycles. The molecule has 0 spiro atoms. The van der Waals surface area contributed by atoms with Crippen molar-refractivity contribution in [3.63, 3.8) is 0 Å². The number of rotatable bonds is 5. The van der Waals surface area contributed by atoms with E-state index in [1.807, 2.05) is 12.1 Å². The largest absolute Gasteiger partial charge is 0.508 e. The zero-order valence-electron chi connectivity index (χ0n) is 12.2. The number of benzene rings is 1. The first-order valence-corrected chi connectivity index (χ1v) is 7.78. The molecule has 1 fully saturated rings. The molecule has 1 saturated carbocycles. The van der Waals surface area contributed by atoms with E-state index in [1.54, 1.807) is 0 Å². The van der Waals surface area contributed by atoms with Crippen molar-refractivity contribution in [1.82, 2.24) is 4.90 Å². The van der Waals surface area contributed by atoms with Gasteiger partial charge < -0.3 is 5.11 Å². The highest BCUT2D eigenvalue weighted by molar-refractivity contribution is 5.46. The molecule has 19 heavy (non-hydrogen) atoms. The summed E-state index contributed by atoms with van der Waals surface area (Å²) in [5.41, 5.74) is 3.31. The van der Waals surface area contributed by atoms with Crippen LogP contribution in [0.4, 0.5) is 0 Å². The average molecular weight is 259 g/mol. The summed E-state index contributed by atoms with van der Waals surface area (Å²) in [6, 6.07) is 5.97. The van der Waals surface area contributed by atoms with Crippen LogP contribution in [0.15, 0.2) is 18.2 Å². The second-order valence-electron chi connectivity index (χ2n) is 6.23. The van der Waals surface area contributed by atoms with Crippen molar-refractivity contribution in [3.8, 4) is 5.75 Å². The first kappa shape index (κ1) is 13.0. The van der Waals surface area contributed by atoms with E-state index in [0.717, 1.165) is 0 Å². The fourth-order valence-electron chi connectivity index (χ4n) is 4.06. The minimum absolute atomic E-state index is 0.423. The zero-order valence-corrected chi connectivity index (χ0v) is 12.2. The first-order chi connectivity index (χ1) is 9.21. The Kier molecular flexibility index (Phi) is 3.30. The predicted octanol–water partition coefficient (Wildman–Crippen LogP) is 3.69. The molecule has 1 aromatic carbocycles. The van der Waals surface area contributed by atoms with Gasteiger partial charge in [-0.25, -0.2) is 0 Å². The van der Waals surface area contributed by atoms with Crippen LogP contribution in [-0.4, -0.2) is 28.6 Å². The Bertz CT molecular complexity index is 464. The van der Waals surface area contributed by atoms with Crippen molar-refractivity contribution in [1.29, 1.82) is 0 Å². The molecule has 1 aromatic rings. The lowest BCUT2D eigenvalue weighted by atomic mass is 9.87. The lowest BCUT2D eigenvalue weighted by Crippen LogP contribution is -2.41. The summed E-state index contributed by atoms with van der Waals surface area (Å²) in [7, 11) is 0. The minimum Gasteiger partial charge on any atom is -0.508 e. The predicted molar refractivity (Wildman–Crippen MR) is 78.7 cm³/mol. The fraction of sp³-hybridized carbons (Fsp3) is 0.647. The topological polar surface area (TPSA) is 23.5 Å². The Morgan fingerprint density at radius 2 is 2.00 bits per heavy atom. The number of hydrogen-bond acceptors (Lipinski definition) is 2. The first-order valence-electron chi connectivity index (χ1n) is 7.78. The third kappa shape index (κ3) is 2.06. The SMILES string of the molecule is CCCN(CCC)C12CCc3ccc(O)cc3C1C2. The number of phenolic OH excluding ortho intramolecular Hbond substituents is 1. The lowest BCUT2D eigenvalue weighted by molar-refractivity contribution is 0.157. The molecule has 0 heterocycles. The second kappa shape index (κ2) is 4.82. The fourth-order valence-corrected chi connectivity index (χ4v) is 4.06. The molecule has 2 unspecified atom stereocenters. The van der Waals surface area contributed by atoms with Crippen LogP contribution in [0, 0.1) is 0 Å². The van der Waals surface area contributed by atoms with Crippen LogP contribution < -0.4 is 0 Å². The molecule has 0 saturated heterocycles. The van der Waals surface area contributed by atoms with Gasteiger partial charge in [0.1, 0.15) is 5.75 Å². The number of nitrogens with zero attached hydrogens (tertiary/aromatic N) is 1. The van der Waals surface area contributed by atoms with E-state index >= 15 is 0 Å². The van der Waals surface area contributed by atoms with Gasteiger partial charge in [-0.2, -0.15) is 0 Å². The van der Waals surface area contributed by atoms with E-state index in [4.69, 9.17) is 0 Å². The van der Waals surface area contributed by atoms with Crippen molar-refractivity contribution in [3.05, 3.63) is 29.3 Å². The Labute approximate surface area is 116 Å². The Morgan fingerprint density at radius 3 is 2.68 bits per heavy atom. The minimum atomic E-state index is 0.423. The quantitative estimate of drug-likeness (QED) is 0.872. The molecule has 0 aliphatic heterocycles. The lowest BCUT2D eigenvalue weighted by Gasteiger charge is -2.36. The maximum atomic E-state index is 9.74. The molecule has 0 aromatic heterocycles. The summed E-state index contributed by atoms with van der Waals surface area (Å²) >= 11 is 0. The van der Waals surface area contributed by atoms with Crippen LogP contribution in [-0.2, 0) is 6.42 Å². The summed E-state index contributed by atoms with van der Waals surface area (Å²) in [4.78, 5) is 2.73. The maximum Gasteiger partial charge on any atom is 0.115 e. The summed E-state index contributed by atoms with van der Waals surface area (Å²) < 4.78 is 0. The van der Waals surface area contributed by atoms with E-state index in [2.05, 4.69) is 24.8 Å². The van der Waals surface area contributed by atoms with Gasteiger partial charge in [-0.15, -0.1) is 0 Å². The number of aryl methyl sites for hydroxylation is 1. The van der Waals surface area contributed by atoms with Crippen LogP contribution in [0.25, 0.3) is 0 Å². The third-order valence-corrected chi connectivity index (χ3v) is 5.00. The van der Waals surface area contributed by atoms with E-state index in [9.17, 15) is 5.11 Å². The Hall–Kier alpha value is -1.02. The van der Waals surface area contributed by atoms with Gasteiger partial charge in [-0.3, -0.25) is 4.90 Å². The van der Waals surface area contributed by atoms with Crippen LogP contribution in [0.5, 0.6) is 5.75 Å². The Morgan fingerprint density at radius 1 is 1.26 bits per heavy atom. The van der Waals surface area contributed by atoms with Gasteiger partial charge in [-0.05, 0) is 68.5 Å². The molecular formula is C17H25NO. The molecule has 2 nitrogen and oxygen atoms in total. The molecule has 2 aliphatic rings. The molecule has 0 radical (unpaired) electrons. The molecular weight excluding hydrogens is 234 g/mol. The molecule has 2 heteroatoms. The van der Waals surface area contributed by atoms with Gasteiger partial charge in [0, 0.05) is 11.5 Å². The van der Waals surface area contributed by atoms with Gasteiger partial charge in [0.2, 0.25) is 0 Å². The van der Waals surface area contributed by atoms with Crippen LogP contribution in [0.1, 0.15) is 56.6 Å². The highest BCUT2D eigenvalue weighted by Gasteiger charge is 2.59. The maximum absolute atomic E-state index is 9.74. The Balaban J connectivity index is 1.86. The number of aromatic hydroxyl groups is 1. The smallest absolute Gasteiger partial charge is 0.115 e. The number of fused-ring (bicyclic) bond motifs is 3.